The predicted octanol–water partition coefficient (Wildman–Crippen LogP) is 4.06. The molecule has 1 aliphatic rings. The molecular weight excluding hydrogens is 323 g/mol. The molecule has 0 spiro atoms. The third kappa shape index (κ3) is 3.06. The summed E-state index contributed by atoms with van der Waals surface area (Å²) in [5, 5.41) is -0.351. The summed E-state index contributed by atoms with van der Waals surface area (Å²) in [6, 6.07) is 9.47. The largest absolute Gasteiger partial charge is 0.433 e. The van der Waals surface area contributed by atoms with E-state index in [4.69, 9.17) is 44.3 Å². The molecule has 3 nitrogen and oxygen atoms in total. The first-order chi connectivity index (χ1) is 9.34. The lowest BCUT2D eigenvalue weighted by Crippen LogP contribution is -2.38. The molecule has 0 radical (unpaired) electrons. The zero-order valence-electron chi connectivity index (χ0n) is 11.1. The molecule has 4 unspecified atom stereocenters. The van der Waals surface area contributed by atoms with Gasteiger partial charge in [0.25, 0.3) is 0 Å². The molecule has 6 heteroatoms. The molecule has 1 aromatic rings. The van der Waals surface area contributed by atoms with Gasteiger partial charge in [-0.15, -0.1) is 11.6 Å². The minimum atomic E-state index is -1.40. The van der Waals surface area contributed by atoms with Crippen molar-refractivity contribution in [3.63, 3.8) is 0 Å². The molecular formula is C14H15Cl3O3. The van der Waals surface area contributed by atoms with Gasteiger partial charge in [0.1, 0.15) is 0 Å². The van der Waals surface area contributed by atoms with Gasteiger partial charge < -0.3 is 9.47 Å². The fourth-order valence-electron chi connectivity index (χ4n) is 2.40. The van der Waals surface area contributed by atoms with Gasteiger partial charge in [0.05, 0.1) is 6.10 Å². The summed E-state index contributed by atoms with van der Waals surface area (Å²) in [6.45, 7) is 3.07. The Morgan fingerprint density at radius 3 is 2.45 bits per heavy atom. The number of ether oxygens (including phenoxy) is 2. The Hall–Kier alpha value is -0.480. The van der Waals surface area contributed by atoms with E-state index in [1.165, 1.54) is 6.92 Å². The van der Waals surface area contributed by atoms with E-state index in [2.05, 4.69) is 0 Å². The maximum Gasteiger partial charge on any atom is 0.305 e. The van der Waals surface area contributed by atoms with Crippen LogP contribution in [-0.2, 0) is 14.3 Å². The molecule has 1 aromatic carbocycles. The lowest BCUT2D eigenvalue weighted by atomic mass is 9.92. The summed E-state index contributed by atoms with van der Waals surface area (Å²) in [6.07, 6.45) is -1.47. The number of esters is 1. The number of rotatable bonds is 3. The fourth-order valence-corrected chi connectivity index (χ4v) is 3.66. The number of carbonyl (C=O) groups is 1. The molecule has 20 heavy (non-hydrogen) atoms. The van der Waals surface area contributed by atoms with Crippen molar-refractivity contribution in [3.8, 4) is 0 Å². The summed E-state index contributed by atoms with van der Waals surface area (Å²) in [4.78, 5) is 11.2. The van der Waals surface area contributed by atoms with Crippen molar-refractivity contribution >= 4 is 40.8 Å². The fraction of sp³-hybridized carbons (Fsp3) is 0.500. The summed E-state index contributed by atoms with van der Waals surface area (Å²) in [5.41, 5.74) is 0.894. The van der Waals surface area contributed by atoms with E-state index in [9.17, 15) is 4.79 Å². The highest BCUT2D eigenvalue weighted by Crippen LogP contribution is 2.54. The van der Waals surface area contributed by atoms with Crippen LogP contribution in [0.25, 0.3) is 0 Å². The zero-order chi connectivity index (χ0) is 14.9. The highest BCUT2D eigenvalue weighted by molar-refractivity contribution is 6.49. The quantitative estimate of drug-likeness (QED) is 0.616. The Kier molecular flexibility index (Phi) is 4.85. The monoisotopic (exact) mass is 336 g/mol. The van der Waals surface area contributed by atoms with Gasteiger partial charge in [-0.3, -0.25) is 4.79 Å². The van der Waals surface area contributed by atoms with Crippen LogP contribution < -0.4 is 0 Å². The number of hydrogen-bond acceptors (Lipinski definition) is 3. The van der Waals surface area contributed by atoms with Gasteiger partial charge >= 0.3 is 5.97 Å². The minimum absolute atomic E-state index is 0.351. The lowest BCUT2D eigenvalue weighted by molar-refractivity contribution is -0.174. The first-order valence-electron chi connectivity index (χ1n) is 6.23. The maximum atomic E-state index is 11.2. The van der Waals surface area contributed by atoms with E-state index in [1.807, 2.05) is 30.3 Å². The molecule has 4 atom stereocenters. The van der Waals surface area contributed by atoms with Crippen LogP contribution in [0, 0.1) is 5.92 Å². The van der Waals surface area contributed by atoms with Gasteiger partial charge in [0.15, 0.2) is 4.33 Å². The first kappa shape index (κ1) is 15.9. The summed E-state index contributed by atoms with van der Waals surface area (Å²) < 4.78 is 9.44. The van der Waals surface area contributed by atoms with Crippen LogP contribution in [0.4, 0.5) is 0 Å². The van der Waals surface area contributed by atoms with Crippen molar-refractivity contribution in [2.45, 2.75) is 36.0 Å². The molecule has 0 bridgehead atoms. The van der Waals surface area contributed by atoms with E-state index in [1.54, 1.807) is 6.92 Å². The van der Waals surface area contributed by atoms with Gasteiger partial charge in [-0.05, 0) is 12.5 Å². The average Bonchev–Trinajstić information content (AvgIpc) is 2.61. The normalized spacial score (nSPS) is 29.9. The molecule has 0 aliphatic carbocycles. The van der Waals surface area contributed by atoms with E-state index < -0.39 is 28.6 Å². The van der Waals surface area contributed by atoms with Crippen LogP contribution in [0.2, 0.25) is 0 Å². The van der Waals surface area contributed by atoms with Crippen LogP contribution in [0.1, 0.15) is 25.5 Å². The topological polar surface area (TPSA) is 35.5 Å². The zero-order valence-corrected chi connectivity index (χ0v) is 13.3. The van der Waals surface area contributed by atoms with Crippen LogP contribution in [-0.4, -0.2) is 22.0 Å². The lowest BCUT2D eigenvalue weighted by Gasteiger charge is -2.27. The van der Waals surface area contributed by atoms with Crippen molar-refractivity contribution in [3.05, 3.63) is 35.9 Å². The summed E-state index contributed by atoms with van der Waals surface area (Å²) in [7, 11) is 0. The Labute approximate surface area is 133 Å². The molecule has 0 N–H and O–H groups in total. The number of hydrogen-bond donors (Lipinski definition) is 0. The van der Waals surface area contributed by atoms with Gasteiger partial charge in [-0.1, -0.05) is 53.5 Å². The number of benzene rings is 1. The van der Waals surface area contributed by atoms with E-state index in [0.717, 1.165) is 5.56 Å². The van der Waals surface area contributed by atoms with Crippen molar-refractivity contribution in [2.24, 2.45) is 5.92 Å². The van der Waals surface area contributed by atoms with Crippen molar-refractivity contribution < 1.29 is 14.3 Å². The van der Waals surface area contributed by atoms with Crippen molar-refractivity contribution in [1.82, 2.24) is 0 Å². The van der Waals surface area contributed by atoms with Gasteiger partial charge in [0.2, 0.25) is 6.29 Å². The minimum Gasteiger partial charge on any atom is -0.433 e. The molecule has 1 saturated heterocycles. The molecule has 110 valence electrons. The highest BCUT2D eigenvalue weighted by atomic mass is 35.5. The maximum absolute atomic E-state index is 11.2. The molecule has 1 heterocycles. The Balaban J connectivity index is 2.35. The Bertz CT molecular complexity index is 476. The second kappa shape index (κ2) is 6.10. The molecule has 2 rings (SSSR count). The van der Waals surface area contributed by atoms with Crippen LogP contribution in [0.3, 0.4) is 0 Å². The number of halogens is 3. The Morgan fingerprint density at radius 1 is 1.35 bits per heavy atom. The molecule has 0 aromatic heterocycles. The number of alkyl halides is 3. The third-order valence-electron chi connectivity index (χ3n) is 3.25. The van der Waals surface area contributed by atoms with Gasteiger partial charge in [-0.2, -0.15) is 0 Å². The average molecular weight is 338 g/mol. The summed E-state index contributed by atoms with van der Waals surface area (Å²) in [5.74, 6) is -0.908. The second-order valence-corrected chi connectivity index (χ2v) is 6.92. The second-order valence-electron chi connectivity index (χ2n) is 4.79. The Morgan fingerprint density at radius 2 is 1.95 bits per heavy atom. The van der Waals surface area contributed by atoms with Crippen LogP contribution in [0.15, 0.2) is 30.3 Å². The first-order valence-corrected chi connectivity index (χ1v) is 7.42. The molecule has 1 fully saturated rings. The van der Waals surface area contributed by atoms with Gasteiger partial charge in [0, 0.05) is 18.2 Å². The van der Waals surface area contributed by atoms with Crippen molar-refractivity contribution in [1.29, 1.82) is 0 Å². The van der Waals surface area contributed by atoms with Gasteiger partial charge in [-0.25, -0.2) is 0 Å². The van der Waals surface area contributed by atoms with E-state index in [-0.39, 0.29) is 5.38 Å². The molecule has 1 aliphatic heterocycles. The standard InChI is InChI=1S/C14H15Cl3O3/c1-8(15)11-12(10-6-4-3-5-7-10)20-13(14(11,16)17)19-9(2)18/h3-8,11-13H,1-2H3. The smallest absolute Gasteiger partial charge is 0.305 e. The molecule has 0 amide bonds. The predicted molar refractivity (Wildman–Crippen MR) is 79.1 cm³/mol. The molecule has 0 saturated carbocycles. The summed E-state index contributed by atoms with van der Waals surface area (Å²) >= 11 is 18.9. The SMILES string of the molecule is CC(=O)OC1OC(c2ccccc2)C(C(C)Cl)C1(Cl)Cl. The van der Waals surface area contributed by atoms with Crippen molar-refractivity contribution in [2.75, 3.05) is 0 Å². The third-order valence-corrected chi connectivity index (χ3v) is 4.38. The highest BCUT2D eigenvalue weighted by Gasteiger charge is 2.58. The van der Waals surface area contributed by atoms with Crippen LogP contribution in [0.5, 0.6) is 0 Å². The van der Waals surface area contributed by atoms with Crippen LogP contribution >= 0.6 is 34.8 Å². The number of carbonyl (C=O) groups excluding carboxylic acids is 1. The van der Waals surface area contributed by atoms with E-state index in [0.29, 0.717) is 0 Å². The van der Waals surface area contributed by atoms with E-state index >= 15 is 0 Å².